The van der Waals surface area contributed by atoms with Crippen molar-refractivity contribution in [1.29, 1.82) is 0 Å². The minimum Gasteiger partial charge on any atom is -0.493 e. The summed E-state index contributed by atoms with van der Waals surface area (Å²) in [5, 5.41) is 18.3. The van der Waals surface area contributed by atoms with Crippen molar-refractivity contribution < 1.29 is 19.7 Å². The lowest BCUT2D eigenvalue weighted by atomic mass is 9.67. The van der Waals surface area contributed by atoms with Gasteiger partial charge in [0.25, 0.3) is 0 Å². The largest absolute Gasteiger partial charge is 0.493 e. The molecule has 0 bridgehead atoms. The van der Waals surface area contributed by atoms with Crippen molar-refractivity contribution in [3.63, 3.8) is 0 Å². The molecular formula is C29H36O4. The number of aliphatic hydroxyl groups is 2. The average Bonchev–Trinajstić information content (AvgIpc) is 2.87. The molecule has 0 aliphatic heterocycles. The fraction of sp³-hybridized carbons (Fsp3) is 0.379. The fourth-order valence-electron chi connectivity index (χ4n) is 4.45. The first-order valence-corrected chi connectivity index (χ1v) is 12.0. The molecule has 0 saturated heterocycles. The van der Waals surface area contributed by atoms with E-state index in [-0.39, 0.29) is 13.2 Å². The molecule has 0 unspecified atom stereocenters. The van der Waals surface area contributed by atoms with Gasteiger partial charge >= 0.3 is 0 Å². The Kier molecular flexibility index (Phi) is 9.79. The predicted molar refractivity (Wildman–Crippen MR) is 133 cm³/mol. The summed E-state index contributed by atoms with van der Waals surface area (Å²) < 4.78 is 12.5. The molecule has 3 aromatic rings. The van der Waals surface area contributed by atoms with Gasteiger partial charge in [-0.25, -0.2) is 0 Å². The van der Waals surface area contributed by atoms with Crippen LogP contribution < -0.4 is 9.47 Å². The third-order valence-electron chi connectivity index (χ3n) is 6.11. The van der Waals surface area contributed by atoms with Crippen LogP contribution in [0, 0.1) is 0 Å². The average molecular weight is 449 g/mol. The van der Waals surface area contributed by atoms with E-state index in [1.165, 1.54) is 5.56 Å². The van der Waals surface area contributed by atoms with Crippen molar-refractivity contribution in [1.82, 2.24) is 0 Å². The molecule has 4 nitrogen and oxygen atoms in total. The lowest BCUT2D eigenvalue weighted by Gasteiger charge is -2.37. The molecule has 0 fully saturated rings. The Morgan fingerprint density at radius 3 is 1.52 bits per heavy atom. The number of hydrogen-bond acceptors (Lipinski definition) is 4. The fourth-order valence-corrected chi connectivity index (χ4v) is 4.45. The summed E-state index contributed by atoms with van der Waals surface area (Å²) in [5.41, 5.74) is 2.94. The van der Waals surface area contributed by atoms with Gasteiger partial charge in [0.1, 0.15) is 11.5 Å². The number of aliphatic hydroxyl groups excluding tert-OH is 2. The molecule has 0 radical (unpaired) electrons. The molecule has 0 aromatic heterocycles. The minimum absolute atomic E-state index is 0.176. The molecule has 33 heavy (non-hydrogen) atoms. The highest BCUT2D eigenvalue weighted by atomic mass is 16.5. The Morgan fingerprint density at radius 2 is 1.06 bits per heavy atom. The lowest BCUT2D eigenvalue weighted by molar-refractivity contribution is 0.248. The van der Waals surface area contributed by atoms with Gasteiger partial charge in [-0.05, 0) is 49.8 Å². The molecule has 0 atom stereocenters. The van der Waals surface area contributed by atoms with Gasteiger partial charge in [-0.15, -0.1) is 0 Å². The van der Waals surface area contributed by atoms with E-state index in [1.807, 2.05) is 30.3 Å². The van der Waals surface area contributed by atoms with Gasteiger partial charge in [0.2, 0.25) is 0 Å². The van der Waals surface area contributed by atoms with Gasteiger partial charge in [0, 0.05) is 24.3 Å². The van der Waals surface area contributed by atoms with E-state index in [0.717, 1.165) is 54.7 Å². The van der Waals surface area contributed by atoms with Crippen LogP contribution in [0.1, 0.15) is 55.7 Å². The SMILES string of the molecule is CCC(c1ccccc1)(c1ccccc1OCCCCO)c1ccccc1OCCCCO. The number of ether oxygens (including phenoxy) is 2. The molecule has 2 N–H and O–H groups in total. The smallest absolute Gasteiger partial charge is 0.123 e. The maximum absolute atomic E-state index is 9.13. The number of unbranched alkanes of at least 4 members (excludes halogenated alkanes) is 2. The zero-order valence-electron chi connectivity index (χ0n) is 19.6. The Labute approximate surface area is 197 Å². The van der Waals surface area contributed by atoms with Crippen LogP contribution in [-0.4, -0.2) is 36.6 Å². The third kappa shape index (κ3) is 5.95. The topological polar surface area (TPSA) is 58.9 Å². The Hall–Kier alpha value is -2.82. The molecule has 0 amide bonds. The van der Waals surface area contributed by atoms with Gasteiger partial charge in [0.15, 0.2) is 0 Å². The van der Waals surface area contributed by atoms with Gasteiger partial charge in [-0.1, -0.05) is 73.7 Å². The lowest BCUT2D eigenvalue weighted by Crippen LogP contribution is -2.30. The van der Waals surface area contributed by atoms with Gasteiger partial charge < -0.3 is 19.7 Å². The highest BCUT2D eigenvalue weighted by molar-refractivity contribution is 5.58. The molecule has 176 valence electrons. The molecule has 0 aliphatic carbocycles. The first-order valence-electron chi connectivity index (χ1n) is 12.0. The van der Waals surface area contributed by atoms with Crippen LogP contribution in [-0.2, 0) is 5.41 Å². The van der Waals surface area contributed by atoms with Gasteiger partial charge in [-0.3, -0.25) is 0 Å². The normalized spacial score (nSPS) is 11.4. The van der Waals surface area contributed by atoms with E-state index in [0.29, 0.717) is 13.2 Å². The second-order valence-electron chi connectivity index (χ2n) is 8.18. The van der Waals surface area contributed by atoms with Crippen LogP contribution in [0.4, 0.5) is 0 Å². The van der Waals surface area contributed by atoms with Crippen LogP contribution >= 0.6 is 0 Å². The monoisotopic (exact) mass is 448 g/mol. The van der Waals surface area contributed by atoms with E-state index >= 15 is 0 Å². The zero-order valence-corrected chi connectivity index (χ0v) is 19.6. The van der Waals surface area contributed by atoms with Crippen molar-refractivity contribution in [3.8, 4) is 11.5 Å². The first-order chi connectivity index (χ1) is 16.3. The van der Waals surface area contributed by atoms with Crippen LogP contribution in [0.5, 0.6) is 11.5 Å². The summed E-state index contributed by atoms with van der Waals surface area (Å²) in [6.45, 7) is 3.68. The number of rotatable bonds is 14. The maximum atomic E-state index is 9.13. The zero-order chi connectivity index (χ0) is 23.4. The van der Waals surface area contributed by atoms with Crippen LogP contribution in [0.2, 0.25) is 0 Å². The minimum atomic E-state index is -0.456. The van der Waals surface area contributed by atoms with Gasteiger partial charge in [0.05, 0.1) is 18.6 Å². The molecule has 0 aliphatic rings. The first kappa shape index (κ1) is 24.8. The van der Waals surface area contributed by atoms with E-state index in [2.05, 4.69) is 55.5 Å². The Morgan fingerprint density at radius 1 is 0.606 bits per heavy atom. The highest BCUT2D eigenvalue weighted by Gasteiger charge is 2.39. The van der Waals surface area contributed by atoms with Crippen molar-refractivity contribution in [2.24, 2.45) is 0 Å². The van der Waals surface area contributed by atoms with E-state index in [1.54, 1.807) is 0 Å². The summed E-state index contributed by atoms with van der Waals surface area (Å²) in [6.07, 6.45) is 3.89. The molecule has 4 heteroatoms. The van der Waals surface area contributed by atoms with Crippen molar-refractivity contribution in [2.75, 3.05) is 26.4 Å². The quantitative estimate of drug-likeness (QED) is 0.244. The molecule has 3 aromatic carbocycles. The summed E-state index contributed by atoms with van der Waals surface area (Å²) in [6, 6.07) is 27.1. The number of hydrogen-bond donors (Lipinski definition) is 2. The van der Waals surface area contributed by atoms with E-state index in [4.69, 9.17) is 19.7 Å². The summed E-state index contributed by atoms with van der Waals surface area (Å²) >= 11 is 0. The van der Waals surface area contributed by atoms with Crippen LogP contribution in [0.25, 0.3) is 0 Å². The predicted octanol–water partition coefficient (Wildman–Crippen LogP) is 5.73. The molecule has 0 spiro atoms. The van der Waals surface area contributed by atoms with Crippen LogP contribution in [0.3, 0.4) is 0 Å². The number of benzene rings is 3. The van der Waals surface area contributed by atoms with Crippen LogP contribution in [0.15, 0.2) is 78.9 Å². The Bertz CT molecular complexity index is 899. The summed E-state index contributed by atoms with van der Waals surface area (Å²) in [4.78, 5) is 0. The van der Waals surface area contributed by atoms with Crippen molar-refractivity contribution in [2.45, 2.75) is 44.4 Å². The second-order valence-corrected chi connectivity index (χ2v) is 8.18. The summed E-state index contributed by atoms with van der Waals surface area (Å²) in [5.74, 6) is 1.72. The highest BCUT2D eigenvalue weighted by Crippen LogP contribution is 2.48. The Balaban J connectivity index is 2.12. The van der Waals surface area contributed by atoms with E-state index in [9.17, 15) is 0 Å². The molecule has 0 heterocycles. The summed E-state index contributed by atoms with van der Waals surface area (Å²) in [7, 11) is 0. The van der Waals surface area contributed by atoms with Gasteiger partial charge in [-0.2, -0.15) is 0 Å². The molecule has 3 rings (SSSR count). The van der Waals surface area contributed by atoms with Crippen molar-refractivity contribution in [3.05, 3.63) is 95.6 Å². The third-order valence-corrected chi connectivity index (χ3v) is 6.11. The molecule has 0 saturated carbocycles. The second kappa shape index (κ2) is 13.0. The molecular weight excluding hydrogens is 412 g/mol. The van der Waals surface area contributed by atoms with Crippen molar-refractivity contribution >= 4 is 0 Å². The standard InChI is InChI=1S/C29H36O4/c1-2-29(24-14-4-3-5-15-24,25-16-6-8-18-27(25)32-22-12-10-20-30)26-17-7-9-19-28(26)33-23-13-11-21-31/h3-9,14-19,30-31H,2,10-13,20-23H2,1H3. The maximum Gasteiger partial charge on any atom is 0.123 e. The number of para-hydroxylation sites is 2. The van der Waals surface area contributed by atoms with E-state index < -0.39 is 5.41 Å².